The number of aliphatic hydroxyl groups is 1. The standard InChI is InChI=1S/C11H15BrClNO4S/c1-7(15)6-14(2)19(16,17)10-5-8(13)4-9(12)11(10)18-3/h4-5,7,15H,6H2,1-3H3. The highest BCUT2D eigenvalue weighted by Crippen LogP contribution is 2.36. The van der Waals surface area contributed by atoms with E-state index in [1.54, 1.807) is 6.07 Å². The Morgan fingerprint density at radius 3 is 2.58 bits per heavy atom. The Hall–Kier alpha value is -0.340. The molecule has 0 amide bonds. The van der Waals surface area contributed by atoms with Crippen molar-refractivity contribution >= 4 is 37.6 Å². The molecule has 5 nitrogen and oxygen atoms in total. The van der Waals surface area contributed by atoms with Crippen molar-refractivity contribution in [1.82, 2.24) is 4.31 Å². The fourth-order valence-corrected chi connectivity index (χ4v) is 4.18. The zero-order chi connectivity index (χ0) is 14.8. The molecule has 0 heterocycles. The molecular weight excluding hydrogens is 358 g/mol. The van der Waals surface area contributed by atoms with E-state index in [4.69, 9.17) is 16.3 Å². The third kappa shape index (κ3) is 3.82. The Bertz CT molecular complexity index is 562. The zero-order valence-electron chi connectivity index (χ0n) is 10.7. The van der Waals surface area contributed by atoms with E-state index < -0.39 is 16.1 Å². The minimum Gasteiger partial charge on any atom is -0.494 e. The molecule has 0 saturated carbocycles. The van der Waals surface area contributed by atoms with Crippen LogP contribution in [0.5, 0.6) is 5.75 Å². The molecule has 108 valence electrons. The van der Waals surface area contributed by atoms with Crippen molar-refractivity contribution in [2.24, 2.45) is 0 Å². The fraction of sp³-hybridized carbons (Fsp3) is 0.455. The molecule has 0 aliphatic heterocycles. The molecule has 1 atom stereocenters. The van der Waals surface area contributed by atoms with Crippen LogP contribution in [0.3, 0.4) is 0 Å². The average Bonchev–Trinajstić information content (AvgIpc) is 2.26. The van der Waals surface area contributed by atoms with Crippen LogP contribution in [0, 0.1) is 0 Å². The molecule has 1 aromatic carbocycles. The van der Waals surface area contributed by atoms with Gasteiger partial charge in [0.1, 0.15) is 4.90 Å². The SMILES string of the molecule is COc1c(Br)cc(Cl)cc1S(=O)(=O)N(C)CC(C)O. The van der Waals surface area contributed by atoms with E-state index >= 15 is 0 Å². The Balaban J connectivity index is 3.36. The van der Waals surface area contributed by atoms with Crippen LogP contribution in [0.2, 0.25) is 5.02 Å². The second-order valence-electron chi connectivity index (χ2n) is 4.05. The molecule has 0 aliphatic rings. The predicted molar refractivity (Wildman–Crippen MR) is 77.2 cm³/mol. The first-order valence-electron chi connectivity index (χ1n) is 5.37. The smallest absolute Gasteiger partial charge is 0.246 e. The second-order valence-corrected chi connectivity index (χ2v) is 7.36. The quantitative estimate of drug-likeness (QED) is 0.859. The van der Waals surface area contributed by atoms with Crippen molar-refractivity contribution < 1.29 is 18.3 Å². The predicted octanol–water partition coefficient (Wildman–Crippen LogP) is 2.11. The van der Waals surface area contributed by atoms with Crippen LogP contribution in [-0.2, 0) is 10.0 Å². The van der Waals surface area contributed by atoms with Crippen molar-refractivity contribution in [2.45, 2.75) is 17.9 Å². The van der Waals surface area contributed by atoms with Gasteiger partial charge in [-0.05, 0) is 35.0 Å². The van der Waals surface area contributed by atoms with Gasteiger partial charge >= 0.3 is 0 Å². The molecule has 1 rings (SSSR count). The number of hydrogen-bond acceptors (Lipinski definition) is 4. The molecule has 0 aliphatic carbocycles. The molecule has 1 unspecified atom stereocenters. The largest absolute Gasteiger partial charge is 0.494 e. The van der Waals surface area contributed by atoms with Gasteiger partial charge in [0.2, 0.25) is 10.0 Å². The molecule has 0 radical (unpaired) electrons. The highest BCUT2D eigenvalue weighted by atomic mass is 79.9. The van der Waals surface area contributed by atoms with Crippen molar-refractivity contribution in [1.29, 1.82) is 0 Å². The molecule has 1 N–H and O–H groups in total. The van der Waals surface area contributed by atoms with E-state index in [0.717, 1.165) is 4.31 Å². The molecule has 8 heteroatoms. The maximum absolute atomic E-state index is 12.4. The Labute approximate surface area is 126 Å². The van der Waals surface area contributed by atoms with Crippen molar-refractivity contribution in [3.05, 3.63) is 21.6 Å². The van der Waals surface area contributed by atoms with E-state index in [2.05, 4.69) is 15.9 Å². The first kappa shape index (κ1) is 16.7. The number of sulfonamides is 1. The van der Waals surface area contributed by atoms with Gasteiger partial charge in [-0.1, -0.05) is 11.6 Å². The molecule has 0 aromatic heterocycles. The normalized spacial score (nSPS) is 13.6. The second kappa shape index (κ2) is 6.41. The van der Waals surface area contributed by atoms with Gasteiger partial charge in [-0.25, -0.2) is 8.42 Å². The number of hydrogen-bond donors (Lipinski definition) is 1. The van der Waals surface area contributed by atoms with E-state index in [0.29, 0.717) is 4.47 Å². The summed E-state index contributed by atoms with van der Waals surface area (Å²) in [6.07, 6.45) is -0.770. The van der Waals surface area contributed by atoms with Gasteiger partial charge in [0, 0.05) is 18.6 Å². The third-order valence-corrected chi connectivity index (χ3v) is 5.02. The van der Waals surface area contributed by atoms with Crippen LogP contribution in [0.25, 0.3) is 0 Å². The lowest BCUT2D eigenvalue weighted by molar-refractivity contribution is 0.171. The lowest BCUT2D eigenvalue weighted by atomic mass is 10.3. The maximum atomic E-state index is 12.4. The van der Waals surface area contributed by atoms with Crippen LogP contribution in [-0.4, -0.2) is 44.6 Å². The van der Waals surface area contributed by atoms with Crippen molar-refractivity contribution in [2.75, 3.05) is 20.7 Å². The lowest BCUT2D eigenvalue weighted by Crippen LogP contribution is -2.33. The number of aliphatic hydroxyl groups excluding tert-OH is 1. The van der Waals surface area contributed by atoms with Crippen LogP contribution >= 0.6 is 27.5 Å². The van der Waals surface area contributed by atoms with Gasteiger partial charge in [0.25, 0.3) is 0 Å². The first-order chi connectivity index (χ1) is 8.70. The van der Waals surface area contributed by atoms with Gasteiger partial charge in [-0.15, -0.1) is 0 Å². The van der Waals surface area contributed by atoms with Gasteiger partial charge < -0.3 is 9.84 Å². The summed E-state index contributed by atoms with van der Waals surface area (Å²) in [5.41, 5.74) is 0. The van der Waals surface area contributed by atoms with E-state index in [1.165, 1.54) is 27.1 Å². The summed E-state index contributed by atoms with van der Waals surface area (Å²) >= 11 is 9.09. The summed E-state index contributed by atoms with van der Waals surface area (Å²) < 4.78 is 31.4. The summed E-state index contributed by atoms with van der Waals surface area (Å²) in [6.45, 7) is 1.49. The summed E-state index contributed by atoms with van der Waals surface area (Å²) in [7, 11) is -1.03. The Morgan fingerprint density at radius 2 is 2.11 bits per heavy atom. The van der Waals surface area contributed by atoms with Gasteiger partial charge in [0.15, 0.2) is 5.75 Å². The number of likely N-dealkylation sites (N-methyl/N-ethyl adjacent to an activating group) is 1. The fourth-order valence-electron chi connectivity index (χ4n) is 1.56. The summed E-state index contributed by atoms with van der Waals surface area (Å²) in [5, 5.41) is 9.57. The zero-order valence-corrected chi connectivity index (χ0v) is 13.9. The first-order valence-corrected chi connectivity index (χ1v) is 7.98. The summed E-state index contributed by atoms with van der Waals surface area (Å²) in [5.74, 6) is 0.182. The topological polar surface area (TPSA) is 66.8 Å². The van der Waals surface area contributed by atoms with Crippen LogP contribution in [0.1, 0.15) is 6.92 Å². The van der Waals surface area contributed by atoms with Crippen molar-refractivity contribution in [3.63, 3.8) is 0 Å². The minimum absolute atomic E-state index is 0.0182. The minimum atomic E-state index is -3.79. The number of ether oxygens (including phenoxy) is 1. The number of benzene rings is 1. The molecule has 0 bridgehead atoms. The molecule has 0 fully saturated rings. The van der Waals surface area contributed by atoms with Gasteiger partial charge in [0.05, 0.1) is 17.7 Å². The number of nitrogens with zero attached hydrogens (tertiary/aromatic N) is 1. The van der Waals surface area contributed by atoms with Gasteiger partial charge in [-0.2, -0.15) is 4.31 Å². The highest BCUT2D eigenvalue weighted by Gasteiger charge is 2.27. The number of rotatable bonds is 5. The molecule has 0 spiro atoms. The van der Waals surface area contributed by atoms with E-state index in [1.807, 2.05) is 0 Å². The highest BCUT2D eigenvalue weighted by molar-refractivity contribution is 9.10. The monoisotopic (exact) mass is 371 g/mol. The maximum Gasteiger partial charge on any atom is 0.246 e. The van der Waals surface area contributed by atoms with E-state index in [9.17, 15) is 13.5 Å². The molecular formula is C11H15BrClNO4S. The molecule has 0 saturated heterocycles. The lowest BCUT2D eigenvalue weighted by Gasteiger charge is -2.20. The Morgan fingerprint density at radius 1 is 1.53 bits per heavy atom. The molecule has 19 heavy (non-hydrogen) atoms. The molecule has 1 aromatic rings. The van der Waals surface area contributed by atoms with Crippen LogP contribution in [0.15, 0.2) is 21.5 Å². The average molecular weight is 373 g/mol. The third-order valence-electron chi connectivity index (χ3n) is 2.39. The summed E-state index contributed by atoms with van der Waals surface area (Å²) in [4.78, 5) is -0.0440. The number of methoxy groups -OCH3 is 1. The van der Waals surface area contributed by atoms with Crippen LogP contribution in [0.4, 0.5) is 0 Å². The van der Waals surface area contributed by atoms with Crippen molar-refractivity contribution in [3.8, 4) is 5.75 Å². The van der Waals surface area contributed by atoms with Gasteiger partial charge in [-0.3, -0.25) is 0 Å². The Kier molecular flexibility index (Phi) is 5.64. The summed E-state index contributed by atoms with van der Waals surface area (Å²) in [6, 6.07) is 2.87. The number of halogens is 2. The van der Waals surface area contributed by atoms with Crippen LogP contribution < -0.4 is 4.74 Å². The van der Waals surface area contributed by atoms with E-state index in [-0.39, 0.29) is 22.2 Å².